The van der Waals surface area contributed by atoms with Crippen LogP contribution in [0, 0.1) is 11.8 Å². The molecule has 0 aliphatic heterocycles. The molecule has 0 bridgehead atoms. The Kier molecular flexibility index (Phi) is 6.61. The Hall–Kier alpha value is -1.26. The fourth-order valence-corrected chi connectivity index (χ4v) is 1.86. The molecular formula is C12H25N3O2. The molecule has 3 N–H and O–H groups in total. The number of carbonyl (C=O) groups excluding carboxylic acids is 1. The Bertz CT molecular complexity index is 277. The molecule has 0 radical (unpaired) electrons. The predicted octanol–water partition coefficient (Wildman–Crippen LogP) is 1.65. The summed E-state index contributed by atoms with van der Waals surface area (Å²) >= 11 is 0. The van der Waals surface area contributed by atoms with E-state index < -0.39 is 5.92 Å². The average molecular weight is 243 g/mol. The maximum absolute atomic E-state index is 12.3. The van der Waals surface area contributed by atoms with Crippen molar-refractivity contribution in [3.8, 4) is 0 Å². The van der Waals surface area contributed by atoms with E-state index in [1.165, 1.54) is 0 Å². The van der Waals surface area contributed by atoms with Crippen molar-refractivity contribution < 1.29 is 10.0 Å². The molecule has 0 fully saturated rings. The maximum Gasteiger partial charge on any atom is 0.233 e. The van der Waals surface area contributed by atoms with E-state index in [2.05, 4.69) is 12.1 Å². The van der Waals surface area contributed by atoms with Crippen LogP contribution in [0.5, 0.6) is 0 Å². The highest BCUT2D eigenvalue weighted by atomic mass is 16.4. The quantitative estimate of drug-likeness (QED) is 0.322. The Morgan fingerprint density at radius 1 is 1.41 bits per heavy atom. The van der Waals surface area contributed by atoms with Crippen LogP contribution in [0.4, 0.5) is 0 Å². The largest absolute Gasteiger partial charge is 0.409 e. The van der Waals surface area contributed by atoms with Gasteiger partial charge in [-0.25, -0.2) is 0 Å². The van der Waals surface area contributed by atoms with E-state index in [0.717, 1.165) is 12.8 Å². The molecule has 2 unspecified atom stereocenters. The average Bonchev–Trinajstić information content (AvgIpc) is 2.27. The zero-order valence-corrected chi connectivity index (χ0v) is 11.5. The summed E-state index contributed by atoms with van der Waals surface area (Å²) in [6.07, 6.45) is 1.97. The maximum atomic E-state index is 12.3. The smallest absolute Gasteiger partial charge is 0.233 e. The second-order valence-electron chi connectivity index (χ2n) is 4.83. The Labute approximate surface area is 104 Å². The number of hydrogen-bond donors (Lipinski definition) is 2. The predicted molar refractivity (Wildman–Crippen MR) is 68.9 cm³/mol. The van der Waals surface area contributed by atoms with Gasteiger partial charge >= 0.3 is 0 Å². The summed E-state index contributed by atoms with van der Waals surface area (Å²) in [5.74, 6) is -0.643. The van der Waals surface area contributed by atoms with Crippen LogP contribution in [0.15, 0.2) is 5.16 Å². The van der Waals surface area contributed by atoms with Gasteiger partial charge in [-0.1, -0.05) is 32.3 Å². The third-order valence-electron chi connectivity index (χ3n) is 3.08. The molecule has 5 heteroatoms. The molecule has 100 valence electrons. The Balaban J connectivity index is 4.85. The first-order chi connectivity index (χ1) is 7.86. The normalized spacial score (nSPS) is 15.8. The molecule has 0 heterocycles. The Morgan fingerprint density at radius 3 is 2.29 bits per heavy atom. The van der Waals surface area contributed by atoms with Gasteiger partial charge in [0.05, 0.1) is 0 Å². The van der Waals surface area contributed by atoms with E-state index in [4.69, 9.17) is 10.9 Å². The number of hydrogen-bond acceptors (Lipinski definition) is 3. The van der Waals surface area contributed by atoms with Crippen LogP contribution in [0.1, 0.15) is 40.5 Å². The zero-order valence-electron chi connectivity index (χ0n) is 11.5. The number of carbonyl (C=O) groups is 1. The second kappa shape index (κ2) is 7.14. The third-order valence-corrected chi connectivity index (χ3v) is 3.08. The first-order valence-corrected chi connectivity index (χ1v) is 6.10. The minimum Gasteiger partial charge on any atom is -0.409 e. The van der Waals surface area contributed by atoms with Gasteiger partial charge in [-0.15, -0.1) is 0 Å². The lowest BCUT2D eigenvalue weighted by Crippen LogP contribution is -2.45. The minimum absolute atomic E-state index is 0.00896. The van der Waals surface area contributed by atoms with Gasteiger partial charge in [0.15, 0.2) is 5.84 Å². The van der Waals surface area contributed by atoms with Crippen LogP contribution in [0.25, 0.3) is 0 Å². The summed E-state index contributed by atoms with van der Waals surface area (Å²) in [4.78, 5) is 13.9. The van der Waals surface area contributed by atoms with Crippen LogP contribution in [-0.4, -0.2) is 34.9 Å². The SMILES string of the molecule is CCCC(C)N(C)C(=O)C(C(N)=NO)C(C)C. The van der Waals surface area contributed by atoms with Crippen molar-refractivity contribution in [1.29, 1.82) is 0 Å². The van der Waals surface area contributed by atoms with Crippen LogP contribution in [0.3, 0.4) is 0 Å². The number of rotatable bonds is 6. The highest BCUT2D eigenvalue weighted by Crippen LogP contribution is 2.16. The van der Waals surface area contributed by atoms with Gasteiger partial charge in [0.2, 0.25) is 5.91 Å². The molecule has 0 spiro atoms. The lowest BCUT2D eigenvalue weighted by Gasteiger charge is -2.30. The van der Waals surface area contributed by atoms with E-state index in [1.54, 1.807) is 11.9 Å². The molecule has 0 aliphatic carbocycles. The summed E-state index contributed by atoms with van der Waals surface area (Å²) in [5.41, 5.74) is 5.58. The molecule has 0 aromatic carbocycles. The van der Waals surface area contributed by atoms with Gasteiger partial charge in [-0.3, -0.25) is 4.79 Å². The topological polar surface area (TPSA) is 78.9 Å². The van der Waals surface area contributed by atoms with Gasteiger partial charge in [0.25, 0.3) is 0 Å². The van der Waals surface area contributed by atoms with Crippen molar-refractivity contribution >= 4 is 11.7 Å². The van der Waals surface area contributed by atoms with Crippen molar-refractivity contribution in [3.63, 3.8) is 0 Å². The lowest BCUT2D eigenvalue weighted by atomic mass is 9.92. The first kappa shape index (κ1) is 15.7. The van der Waals surface area contributed by atoms with Gasteiger partial charge < -0.3 is 15.8 Å². The standard InChI is InChI=1S/C12H25N3O2/c1-6-7-9(4)15(5)12(16)10(8(2)3)11(13)14-17/h8-10,17H,6-7H2,1-5H3,(H2,13,14). The summed E-state index contributed by atoms with van der Waals surface area (Å²) in [7, 11) is 1.77. The molecule has 1 amide bonds. The van der Waals surface area contributed by atoms with Gasteiger partial charge in [-0.05, 0) is 19.3 Å². The van der Waals surface area contributed by atoms with Crippen molar-refractivity contribution in [2.45, 2.75) is 46.6 Å². The number of amidine groups is 1. The van der Waals surface area contributed by atoms with E-state index in [0.29, 0.717) is 0 Å². The van der Waals surface area contributed by atoms with Gasteiger partial charge in [0, 0.05) is 13.1 Å². The van der Waals surface area contributed by atoms with Crippen LogP contribution < -0.4 is 5.73 Å². The molecule has 0 saturated carbocycles. The van der Waals surface area contributed by atoms with Crippen molar-refractivity contribution in [1.82, 2.24) is 4.90 Å². The van der Waals surface area contributed by atoms with Gasteiger partial charge in [-0.2, -0.15) is 0 Å². The molecule has 0 aromatic heterocycles. The third kappa shape index (κ3) is 4.24. The minimum atomic E-state index is -0.552. The fourth-order valence-electron chi connectivity index (χ4n) is 1.86. The number of nitrogens with zero attached hydrogens (tertiary/aromatic N) is 2. The second-order valence-corrected chi connectivity index (χ2v) is 4.83. The molecule has 0 aliphatic rings. The molecule has 0 saturated heterocycles. The van der Waals surface area contributed by atoms with Gasteiger partial charge in [0.1, 0.15) is 5.92 Å². The number of amides is 1. The summed E-state index contributed by atoms with van der Waals surface area (Å²) in [6.45, 7) is 7.86. The van der Waals surface area contributed by atoms with E-state index in [9.17, 15) is 4.79 Å². The van der Waals surface area contributed by atoms with E-state index >= 15 is 0 Å². The van der Waals surface area contributed by atoms with E-state index in [1.807, 2.05) is 20.8 Å². The molecule has 17 heavy (non-hydrogen) atoms. The monoisotopic (exact) mass is 243 g/mol. The first-order valence-electron chi connectivity index (χ1n) is 6.10. The van der Waals surface area contributed by atoms with E-state index in [-0.39, 0.29) is 23.7 Å². The number of oxime groups is 1. The fraction of sp³-hybridized carbons (Fsp3) is 0.833. The number of nitrogens with two attached hydrogens (primary N) is 1. The molecule has 2 atom stereocenters. The van der Waals surface area contributed by atoms with Crippen molar-refractivity contribution in [3.05, 3.63) is 0 Å². The van der Waals surface area contributed by atoms with Crippen molar-refractivity contribution in [2.24, 2.45) is 22.7 Å². The van der Waals surface area contributed by atoms with Crippen LogP contribution in [-0.2, 0) is 4.79 Å². The summed E-state index contributed by atoms with van der Waals surface area (Å²) in [6, 6.07) is 0.167. The highest BCUT2D eigenvalue weighted by Gasteiger charge is 2.30. The lowest BCUT2D eigenvalue weighted by molar-refractivity contribution is -0.135. The van der Waals surface area contributed by atoms with Crippen molar-refractivity contribution in [2.75, 3.05) is 7.05 Å². The molecule has 0 rings (SSSR count). The molecular weight excluding hydrogens is 218 g/mol. The van der Waals surface area contributed by atoms with Crippen LogP contribution >= 0.6 is 0 Å². The zero-order chi connectivity index (χ0) is 13.6. The Morgan fingerprint density at radius 2 is 1.94 bits per heavy atom. The van der Waals surface area contributed by atoms with Crippen LogP contribution in [0.2, 0.25) is 0 Å². The highest BCUT2D eigenvalue weighted by molar-refractivity contribution is 6.02. The summed E-state index contributed by atoms with van der Waals surface area (Å²) in [5, 5.41) is 11.7. The molecule has 0 aromatic rings. The molecule has 5 nitrogen and oxygen atoms in total. The summed E-state index contributed by atoms with van der Waals surface area (Å²) < 4.78 is 0.